The molecule has 0 saturated carbocycles. The minimum Gasteiger partial charge on any atom is -0.375 e. The molecule has 20 heavy (non-hydrogen) atoms. The van der Waals surface area contributed by atoms with Gasteiger partial charge in [0.1, 0.15) is 0 Å². The van der Waals surface area contributed by atoms with E-state index in [4.69, 9.17) is 4.74 Å². The fourth-order valence-corrected chi connectivity index (χ4v) is 3.48. The lowest BCUT2D eigenvalue weighted by atomic mass is 9.89. The van der Waals surface area contributed by atoms with Crippen molar-refractivity contribution in [1.82, 2.24) is 9.80 Å². The maximum atomic E-state index is 5.87. The zero-order chi connectivity index (χ0) is 15.0. The number of rotatable bonds is 3. The second-order valence-corrected chi connectivity index (χ2v) is 8.65. The second kappa shape index (κ2) is 5.94. The lowest BCUT2D eigenvalue weighted by molar-refractivity contribution is -0.0183. The second-order valence-electron chi connectivity index (χ2n) is 8.65. The van der Waals surface area contributed by atoms with Crippen molar-refractivity contribution in [1.29, 1.82) is 0 Å². The summed E-state index contributed by atoms with van der Waals surface area (Å²) in [6, 6.07) is 0. The van der Waals surface area contributed by atoms with E-state index in [2.05, 4.69) is 51.3 Å². The van der Waals surface area contributed by atoms with Crippen molar-refractivity contribution in [3.05, 3.63) is 0 Å². The molecule has 0 aliphatic carbocycles. The van der Waals surface area contributed by atoms with Crippen LogP contribution in [0.25, 0.3) is 0 Å². The summed E-state index contributed by atoms with van der Waals surface area (Å²) in [4.78, 5) is 5.29. The first-order chi connectivity index (χ1) is 9.15. The summed E-state index contributed by atoms with van der Waals surface area (Å²) in [5.41, 5.74) is 0.326. The first kappa shape index (κ1) is 16.3. The maximum absolute atomic E-state index is 5.87. The molecule has 2 atom stereocenters. The topological polar surface area (TPSA) is 15.7 Å². The van der Waals surface area contributed by atoms with Gasteiger partial charge < -0.3 is 9.64 Å². The average molecular weight is 282 g/mol. The van der Waals surface area contributed by atoms with Gasteiger partial charge in [-0.15, -0.1) is 0 Å². The molecule has 2 unspecified atom stereocenters. The molecule has 0 N–H and O–H groups in total. The summed E-state index contributed by atoms with van der Waals surface area (Å²) >= 11 is 0. The lowest BCUT2D eigenvalue weighted by Crippen LogP contribution is -2.42. The molecule has 118 valence electrons. The van der Waals surface area contributed by atoms with Gasteiger partial charge >= 0.3 is 0 Å². The van der Waals surface area contributed by atoms with Gasteiger partial charge in [-0.05, 0) is 66.3 Å². The smallest absolute Gasteiger partial charge is 0.0600 e. The normalized spacial score (nSPS) is 29.7. The Bertz CT molecular complexity index is 316. The molecular weight excluding hydrogens is 248 g/mol. The molecule has 0 aromatic rings. The van der Waals surface area contributed by atoms with Crippen LogP contribution in [0.15, 0.2) is 0 Å². The van der Waals surface area contributed by atoms with Crippen molar-refractivity contribution >= 4 is 0 Å². The Balaban J connectivity index is 1.77. The van der Waals surface area contributed by atoms with Crippen LogP contribution in [0.3, 0.4) is 0 Å². The van der Waals surface area contributed by atoms with Crippen LogP contribution < -0.4 is 0 Å². The molecule has 2 saturated heterocycles. The molecule has 2 heterocycles. The zero-order valence-electron chi connectivity index (χ0n) is 14.4. The third-order valence-electron chi connectivity index (χ3n) is 4.78. The molecule has 2 rings (SSSR count). The first-order valence-electron chi connectivity index (χ1n) is 8.26. The third kappa shape index (κ3) is 4.44. The number of likely N-dealkylation sites (tertiary alicyclic amines) is 2. The van der Waals surface area contributed by atoms with E-state index in [1.54, 1.807) is 0 Å². The summed E-state index contributed by atoms with van der Waals surface area (Å²) in [6.07, 6.45) is 1.37. The number of ether oxygens (including phenoxy) is 1. The van der Waals surface area contributed by atoms with E-state index in [1.165, 1.54) is 32.6 Å². The van der Waals surface area contributed by atoms with Gasteiger partial charge in [-0.2, -0.15) is 0 Å². The van der Waals surface area contributed by atoms with Crippen LogP contribution in [0.5, 0.6) is 0 Å². The molecule has 3 nitrogen and oxygen atoms in total. The van der Waals surface area contributed by atoms with Gasteiger partial charge in [-0.1, -0.05) is 0 Å². The molecule has 0 radical (unpaired) electrons. The highest BCUT2D eigenvalue weighted by Crippen LogP contribution is 2.34. The number of fused-ring (bicyclic) bond motifs is 1. The Morgan fingerprint density at radius 3 is 2.20 bits per heavy atom. The summed E-state index contributed by atoms with van der Waals surface area (Å²) in [7, 11) is 0. The number of nitrogens with zero attached hydrogens (tertiary/aromatic N) is 2. The van der Waals surface area contributed by atoms with Crippen molar-refractivity contribution < 1.29 is 4.74 Å². The van der Waals surface area contributed by atoms with E-state index in [9.17, 15) is 0 Å². The van der Waals surface area contributed by atoms with Gasteiger partial charge in [0.25, 0.3) is 0 Å². The Labute approximate surface area is 125 Å². The molecule has 0 aromatic heterocycles. The van der Waals surface area contributed by atoms with Gasteiger partial charge in [0.2, 0.25) is 0 Å². The van der Waals surface area contributed by atoms with E-state index in [0.717, 1.165) is 25.0 Å². The van der Waals surface area contributed by atoms with Gasteiger partial charge in [0, 0.05) is 31.7 Å². The van der Waals surface area contributed by atoms with E-state index >= 15 is 0 Å². The van der Waals surface area contributed by atoms with Gasteiger partial charge in [0.15, 0.2) is 0 Å². The van der Waals surface area contributed by atoms with E-state index < -0.39 is 0 Å². The number of piperidine rings is 1. The van der Waals surface area contributed by atoms with Crippen molar-refractivity contribution in [2.45, 2.75) is 59.1 Å². The Hall–Kier alpha value is -0.120. The third-order valence-corrected chi connectivity index (χ3v) is 4.78. The fourth-order valence-electron chi connectivity index (χ4n) is 3.48. The van der Waals surface area contributed by atoms with Crippen LogP contribution in [0.2, 0.25) is 0 Å². The maximum Gasteiger partial charge on any atom is 0.0600 e. The molecule has 2 aliphatic heterocycles. The van der Waals surface area contributed by atoms with Crippen molar-refractivity contribution in [2.24, 2.45) is 11.8 Å². The Kier molecular flexibility index (Phi) is 4.83. The number of hydrogen-bond acceptors (Lipinski definition) is 3. The molecule has 2 aliphatic rings. The van der Waals surface area contributed by atoms with Crippen molar-refractivity contribution in [3.63, 3.8) is 0 Å². The highest BCUT2D eigenvalue weighted by atomic mass is 16.5. The average Bonchev–Trinajstić information content (AvgIpc) is 2.69. The van der Waals surface area contributed by atoms with Crippen LogP contribution in [-0.2, 0) is 4.74 Å². The Morgan fingerprint density at radius 2 is 1.60 bits per heavy atom. The fraction of sp³-hybridized carbons (Fsp3) is 1.00. The van der Waals surface area contributed by atoms with Gasteiger partial charge in [0.05, 0.1) is 12.2 Å². The summed E-state index contributed by atoms with van der Waals surface area (Å²) in [6.45, 7) is 20.5. The Morgan fingerprint density at radius 1 is 0.950 bits per heavy atom. The van der Waals surface area contributed by atoms with Gasteiger partial charge in [-0.3, -0.25) is 4.90 Å². The zero-order valence-corrected chi connectivity index (χ0v) is 14.4. The molecular formula is C17H34N2O. The molecule has 0 aromatic carbocycles. The van der Waals surface area contributed by atoms with Crippen LogP contribution in [0, 0.1) is 11.8 Å². The minimum atomic E-state index is -0.00524. The van der Waals surface area contributed by atoms with Crippen LogP contribution >= 0.6 is 0 Å². The van der Waals surface area contributed by atoms with E-state index in [0.29, 0.717) is 5.54 Å². The first-order valence-corrected chi connectivity index (χ1v) is 8.26. The molecule has 2 fully saturated rings. The summed E-state index contributed by atoms with van der Waals surface area (Å²) < 4.78 is 5.87. The summed E-state index contributed by atoms with van der Waals surface area (Å²) in [5.74, 6) is 1.80. The molecule has 3 heteroatoms. The van der Waals surface area contributed by atoms with E-state index in [1.807, 2.05) is 0 Å². The minimum absolute atomic E-state index is 0.00524. The van der Waals surface area contributed by atoms with Crippen LogP contribution in [-0.4, -0.2) is 60.3 Å². The largest absolute Gasteiger partial charge is 0.375 e. The quantitative estimate of drug-likeness (QED) is 0.791. The van der Waals surface area contributed by atoms with Crippen molar-refractivity contribution in [2.75, 3.05) is 39.3 Å². The van der Waals surface area contributed by atoms with Crippen LogP contribution in [0.4, 0.5) is 0 Å². The highest BCUT2D eigenvalue weighted by Gasteiger charge is 2.40. The SMILES string of the molecule is CC(C)(C)OCCN1CCC2CN(C(C)(C)C)CC2C1. The monoisotopic (exact) mass is 282 g/mol. The standard InChI is InChI=1S/C17H34N2O/c1-16(2,3)19-12-14-7-8-18(11-15(14)13-19)9-10-20-17(4,5)6/h14-15H,7-13H2,1-6H3. The van der Waals surface area contributed by atoms with Crippen LogP contribution in [0.1, 0.15) is 48.0 Å². The predicted molar refractivity (Wildman–Crippen MR) is 85.1 cm³/mol. The molecule has 0 bridgehead atoms. The van der Waals surface area contributed by atoms with E-state index in [-0.39, 0.29) is 5.60 Å². The molecule has 0 spiro atoms. The number of hydrogen-bond donors (Lipinski definition) is 0. The molecule has 0 amide bonds. The van der Waals surface area contributed by atoms with Crippen molar-refractivity contribution in [3.8, 4) is 0 Å². The van der Waals surface area contributed by atoms with Gasteiger partial charge in [-0.25, -0.2) is 0 Å². The highest BCUT2D eigenvalue weighted by molar-refractivity contribution is 4.94. The summed E-state index contributed by atoms with van der Waals surface area (Å²) in [5, 5.41) is 0. The lowest BCUT2D eigenvalue weighted by Gasteiger charge is -2.35. The predicted octanol–water partition coefficient (Wildman–Crippen LogP) is 2.85.